The Morgan fingerprint density at radius 1 is 1.17 bits per heavy atom. The van der Waals surface area contributed by atoms with Crippen molar-refractivity contribution in [3.05, 3.63) is 35.6 Å². The molecule has 1 rings (SSSR count). The van der Waals surface area contributed by atoms with Crippen molar-refractivity contribution in [3.8, 4) is 0 Å². The lowest BCUT2D eigenvalue weighted by Crippen LogP contribution is -3.17. The zero-order valence-corrected chi connectivity index (χ0v) is 14.1. The summed E-state index contributed by atoms with van der Waals surface area (Å²) in [7, 11) is 0. The first kappa shape index (κ1) is 19.1. The molecule has 0 fully saturated rings. The Labute approximate surface area is 137 Å². The molecule has 3 N–H and O–H groups in total. The number of rotatable bonds is 9. The van der Waals surface area contributed by atoms with E-state index in [1.807, 2.05) is 20.8 Å². The maximum Gasteiger partial charge on any atom is 0.278 e. The SMILES string of the molecule is CCNC(=O)C[NH+](CC)[C@H](C)C(=O)NCCc1ccc(F)cc1. The van der Waals surface area contributed by atoms with Gasteiger partial charge in [0.15, 0.2) is 12.6 Å². The summed E-state index contributed by atoms with van der Waals surface area (Å²) < 4.78 is 12.8. The third-order valence-corrected chi connectivity index (χ3v) is 3.85. The molecule has 0 aliphatic heterocycles. The average Bonchev–Trinajstić information content (AvgIpc) is 2.54. The van der Waals surface area contributed by atoms with Crippen molar-refractivity contribution in [2.24, 2.45) is 0 Å². The first-order chi connectivity index (χ1) is 11.0. The van der Waals surface area contributed by atoms with Crippen LogP contribution in [0.4, 0.5) is 4.39 Å². The molecule has 23 heavy (non-hydrogen) atoms. The van der Waals surface area contributed by atoms with Crippen molar-refractivity contribution in [2.75, 3.05) is 26.2 Å². The summed E-state index contributed by atoms with van der Waals surface area (Å²) in [6.07, 6.45) is 0.649. The van der Waals surface area contributed by atoms with Crippen LogP contribution in [0, 0.1) is 5.82 Å². The molecule has 0 aliphatic carbocycles. The fourth-order valence-electron chi connectivity index (χ4n) is 2.37. The molecule has 2 amide bonds. The Hall–Kier alpha value is -1.95. The van der Waals surface area contributed by atoms with Crippen LogP contribution >= 0.6 is 0 Å². The smallest absolute Gasteiger partial charge is 0.278 e. The van der Waals surface area contributed by atoms with Gasteiger partial charge in [0.1, 0.15) is 5.82 Å². The van der Waals surface area contributed by atoms with Gasteiger partial charge in [-0.1, -0.05) is 12.1 Å². The normalized spacial score (nSPS) is 13.2. The number of benzene rings is 1. The van der Waals surface area contributed by atoms with Crippen LogP contribution in [0.15, 0.2) is 24.3 Å². The lowest BCUT2D eigenvalue weighted by atomic mass is 10.1. The Balaban J connectivity index is 2.42. The number of carbonyl (C=O) groups is 2. The van der Waals surface area contributed by atoms with Gasteiger partial charge in [0.05, 0.1) is 6.54 Å². The van der Waals surface area contributed by atoms with Gasteiger partial charge in [-0.2, -0.15) is 0 Å². The number of nitrogens with one attached hydrogen (secondary N) is 3. The molecule has 128 valence electrons. The van der Waals surface area contributed by atoms with Gasteiger partial charge in [-0.25, -0.2) is 4.39 Å². The van der Waals surface area contributed by atoms with Gasteiger partial charge in [0.25, 0.3) is 11.8 Å². The molecule has 0 aromatic heterocycles. The maximum absolute atomic E-state index is 12.8. The first-order valence-electron chi connectivity index (χ1n) is 8.11. The second-order valence-corrected chi connectivity index (χ2v) is 5.53. The molecule has 6 heteroatoms. The molecule has 0 heterocycles. The Bertz CT molecular complexity index is 505. The largest absolute Gasteiger partial charge is 0.351 e. The summed E-state index contributed by atoms with van der Waals surface area (Å²) in [5.41, 5.74) is 0.973. The first-order valence-corrected chi connectivity index (χ1v) is 8.11. The van der Waals surface area contributed by atoms with E-state index in [1.54, 1.807) is 12.1 Å². The molecule has 5 nitrogen and oxygen atoms in total. The van der Waals surface area contributed by atoms with Gasteiger partial charge in [0.2, 0.25) is 0 Å². The van der Waals surface area contributed by atoms with Crippen molar-refractivity contribution in [2.45, 2.75) is 33.2 Å². The standard InChI is InChI=1S/C17H26FN3O2/c1-4-19-16(22)12-21(5-2)13(3)17(23)20-11-10-14-6-8-15(18)9-7-14/h6-9,13H,4-5,10-12H2,1-3H3,(H,19,22)(H,20,23)/p+1/t13-/m1/s1. The molecule has 0 radical (unpaired) electrons. The molecule has 1 aromatic rings. The van der Waals surface area contributed by atoms with Gasteiger partial charge in [-0.05, 0) is 44.9 Å². The van der Waals surface area contributed by atoms with Gasteiger partial charge in [-0.15, -0.1) is 0 Å². The summed E-state index contributed by atoms with van der Waals surface area (Å²) in [5.74, 6) is -0.387. The van der Waals surface area contributed by atoms with Gasteiger partial charge >= 0.3 is 0 Å². The van der Waals surface area contributed by atoms with E-state index in [9.17, 15) is 14.0 Å². The predicted molar refractivity (Wildman–Crippen MR) is 87.6 cm³/mol. The van der Waals surface area contributed by atoms with E-state index in [0.717, 1.165) is 10.5 Å². The summed E-state index contributed by atoms with van der Waals surface area (Å²) in [5, 5.41) is 5.63. The maximum atomic E-state index is 12.8. The van der Waals surface area contributed by atoms with Crippen LogP contribution < -0.4 is 15.5 Å². The van der Waals surface area contributed by atoms with Gasteiger partial charge < -0.3 is 15.5 Å². The number of likely N-dealkylation sites (N-methyl/N-ethyl adjacent to an activating group) is 2. The van der Waals surface area contributed by atoms with E-state index < -0.39 is 0 Å². The Morgan fingerprint density at radius 2 is 1.83 bits per heavy atom. The second-order valence-electron chi connectivity index (χ2n) is 5.53. The summed E-state index contributed by atoms with van der Waals surface area (Å²) >= 11 is 0. The highest BCUT2D eigenvalue weighted by Gasteiger charge is 2.25. The minimum absolute atomic E-state index is 0.0460. The highest BCUT2D eigenvalue weighted by Crippen LogP contribution is 2.02. The highest BCUT2D eigenvalue weighted by atomic mass is 19.1. The van der Waals surface area contributed by atoms with Crippen LogP contribution in [-0.2, 0) is 16.0 Å². The average molecular weight is 324 g/mol. The van der Waals surface area contributed by atoms with E-state index in [2.05, 4.69) is 10.6 Å². The third-order valence-electron chi connectivity index (χ3n) is 3.85. The molecule has 0 aliphatic rings. The van der Waals surface area contributed by atoms with Crippen LogP contribution in [0.25, 0.3) is 0 Å². The van der Waals surface area contributed by atoms with Crippen molar-refractivity contribution in [1.82, 2.24) is 10.6 Å². The van der Waals surface area contributed by atoms with Crippen molar-refractivity contribution in [3.63, 3.8) is 0 Å². The molecule has 0 spiro atoms. The molecule has 2 atom stereocenters. The quantitative estimate of drug-likeness (QED) is 0.595. The van der Waals surface area contributed by atoms with Crippen LogP contribution in [0.2, 0.25) is 0 Å². The Kier molecular flexibility index (Phi) is 8.26. The number of amides is 2. The second kappa shape index (κ2) is 9.94. The number of carbonyl (C=O) groups excluding carboxylic acids is 2. The van der Waals surface area contributed by atoms with E-state index >= 15 is 0 Å². The summed E-state index contributed by atoms with van der Waals surface area (Å²) in [6, 6.07) is 5.95. The van der Waals surface area contributed by atoms with E-state index in [4.69, 9.17) is 0 Å². The van der Waals surface area contributed by atoms with Crippen LogP contribution in [0.1, 0.15) is 26.3 Å². The fourth-order valence-corrected chi connectivity index (χ4v) is 2.37. The number of quaternary nitrogens is 1. The number of hydrogen-bond donors (Lipinski definition) is 3. The lowest BCUT2D eigenvalue weighted by Gasteiger charge is -2.23. The minimum atomic E-state index is -0.296. The van der Waals surface area contributed by atoms with Crippen molar-refractivity contribution >= 4 is 11.8 Å². The zero-order valence-electron chi connectivity index (χ0n) is 14.1. The Morgan fingerprint density at radius 3 is 2.39 bits per heavy atom. The monoisotopic (exact) mass is 324 g/mol. The summed E-state index contributed by atoms with van der Waals surface area (Å²) in [6.45, 7) is 7.72. The highest BCUT2D eigenvalue weighted by molar-refractivity contribution is 5.81. The van der Waals surface area contributed by atoms with E-state index in [1.165, 1.54) is 12.1 Å². The zero-order chi connectivity index (χ0) is 17.2. The topological polar surface area (TPSA) is 62.6 Å². The summed E-state index contributed by atoms with van der Waals surface area (Å²) in [4.78, 5) is 24.8. The van der Waals surface area contributed by atoms with Gasteiger partial charge in [0, 0.05) is 13.1 Å². The molecule has 1 aromatic carbocycles. The molecule has 0 saturated heterocycles. The predicted octanol–water partition coefficient (Wildman–Crippen LogP) is -0.0862. The third kappa shape index (κ3) is 6.78. The molecule has 0 saturated carbocycles. The van der Waals surface area contributed by atoms with Crippen molar-refractivity contribution < 1.29 is 18.9 Å². The lowest BCUT2D eigenvalue weighted by molar-refractivity contribution is -0.904. The number of halogens is 1. The van der Waals surface area contributed by atoms with Crippen LogP contribution in [0.5, 0.6) is 0 Å². The molecular formula is C17H27FN3O2+. The van der Waals surface area contributed by atoms with Crippen LogP contribution in [0.3, 0.4) is 0 Å². The fraction of sp³-hybridized carbons (Fsp3) is 0.529. The number of hydrogen-bond acceptors (Lipinski definition) is 2. The molecule has 0 bridgehead atoms. The van der Waals surface area contributed by atoms with E-state index in [-0.39, 0.29) is 30.2 Å². The van der Waals surface area contributed by atoms with E-state index in [0.29, 0.717) is 26.1 Å². The van der Waals surface area contributed by atoms with Gasteiger partial charge in [-0.3, -0.25) is 9.59 Å². The molecule has 1 unspecified atom stereocenters. The van der Waals surface area contributed by atoms with Crippen LogP contribution in [-0.4, -0.2) is 44.0 Å². The van der Waals surface area contributed by atoms with Crippen molar-refractivity contribution in [1.29, 1.82) is 0 Å². The molecular weight excluding hydrogens is 297 g/mol. The minimum Gasteiger partial charge on any atom is -0.351 e.